The second-order valence-corrected chi connectivity index (χ2v) is 3.09. The molecule has 0 aliphatic carbocycles. The molecule has 15 heavy (non-hydrogen) atoms. The number of hydrogen-bond donors (Lipinski definition) is 1. The van der Waals surface area contributed by atoms with Gasteiger partial charge in [-0.05, 0) is 30.7 Å². The first kappa shape index (κ1) is 11.4. The lowest BCUT2D eigenvalue weighted by Crippen LogP contribution is -2.11. The molecule has 0 unspecified atom stereocenters. The summed E-state index contributed by atoms with van der Waals surface area (Å²) in [6.45, 7) is 0.495. The van der Waals surface area contributed by atoms with E-state index in [1.54, 1.807) is 7.11 Å². The van der Waals surface area contributed by atoms with Crippen LogP contribution in [0.3, 0.4) is 0 Å². The fourth-order valence-electron chi connectivity index (χ4n) is 1.11. The molecule has 0 heterocycles. The van der Waals surface area contributed by atoms with Gasteiger partial charge in [-0.2, -0.15) is 0 Å². The smallest absolute Gasteiger partial charge is 0.217 e. The van der Waals surface area contributed by atoms with Gasteiger partial charge in [0, 0.05) is 6.42 Å². The Bertz CT molecular complexity index is 308. The highest BCUT2D eigenvalue weighted by Crippen LogP contribution is 2.17. The highest BCUT2D eigenvalue weighted by molar-refractivity contribution is 5.73. The topological polar surface area (TPSA) is 61.6 Å². The number of amides is 1. The molecule has 0 radical (unpaired) electrons. The minimum atomic E-state index is -0.298. The first-order valence-electron chi connectivity index (χ1n) is 4.77. The van der Waals surface area contributed by atoms with Crippen LogP contribution in [0.1, 0.15) is 12.8 Å². The number of carbonyl (C=O) groups excluding carboxylic acids is 1. The van der Waals surface area contributed by atoms with Crippen LogP contribution in [0, 0.1) is 0 Å². The Morgan fingerprint density at radius 3 is 2.40 bits per heavy atom. The monoisotopic (exact) mass is 209 g/mol. The number of benzene rings is 1. The Hall–Kier alpha value is -1.71. The van der Waals surface area contributed by atoms with E-state index in [1.807, 2.05) is 24.3 Å². The normalized spacial score (nSPS) is 9.67. The summed E-state index contributed by atoms with van der Waals surface area (Å²) in [7, 11) is 1.61. The zero-order chi connectivity index (χ0) is 11.1. The van der Waals surface area contributed by atoms with E-state index in [1.165, 1.54) is 0 Å². The maximum atomic E-state index is 10.4. The second-order valence-electron chi connectivity index (χ2n) is 3.09. The van der Waals surface area contributed by atoms with Crippen molar-refractivity contribution in [1.29, 1.82) is 0 Å². The van der Waals surface area contributed by atoms with Crippen molar-refractivity contribution in [2.24, 2.45) is 5.73 Å². The minimum Gasteiger partial charge on any atom is -0.497 e. The third-order valence-electron chi connectivity index (χ3n) is 1.90. The van der Waals surface area contributed by atoms with Gasteiger partial charge < -0.3 is 15.2 Å². The van der Waals surface area contributed by atoms with Crippen LogP contribution in [0.2, 0.25) is 0 Å². The van der Waals surface area contributed by atoms with Gasteiger partial charge in [0.25, 0.3) is 0 Å². The van der Waals surface area contributed by atoms with Crippen molar-refractivity contribution in [2.75, 3.05) is 13.7 Å². The third kappa shape index (κ3) is 4.35. The number of methoxy groups -OCH3 is 1. The van der Waals surface area contributed by atoms with Crippen molar-refractivity contribution < 1.29 is 14.3 Å². The van der Waals surface area contributed by atoms with Crippen molar-refractivity contribution in [3.8, 4) is 11.5 Å². The SMILES string of the molecule is COc1ccc(OCCCC(N)=O)cc1. The van der Waals surface area contributed by atoms with Crippen molar-refractivity contribution in [3.05, 3.63) is 24.3 Å². The van der Waals surface area contributed by atoms with Crippen LogP contribution in [0.15, 0.2) is 24.3 Å². The zero-order valence-corrected chi connectivity index (χ0v) is 8.73. The van der Waals surface area contributed by atoms with Crippen LogP contribution < -0.4 is 15.2 Å². The minimum absolute atomic E-state index is 0.298. The lowest BCUT2D eigenvalue weighted by molar-refractivity contribution is -0.118. The molecule has 0 aliphatic rings. The summed E-state index contributed by atoms with van der Waals surface area (Å²) < 4.78 is 10.4. The van der Waals surface area contributed by atoms with Gasteiger partial charge in [0.2, 0.25) is 5.91 Å². The van der Waals surface area contributed by atoms with E-state index in [9.17, 15) is 4.79 Å². The van der Waals surface area contributed by atoms with E-state index in [0.29, 0.717) is 19.4 Å². The van der Waals surface area contributed by atoms with Crippen LogP contribution in [0.25, 0.3) is 0 Å². The van der Waals surface area contributed by atoms with Crippen LogP contribution in [-0.2, 0) is 4.79 Å². The molecule has 1 aromatic carbocycles. The number of primary amides is 1. The molecular formula is C11H15NO3. The molecule has 1 aromatic rings. The Labute approximate surface area is 89.0 Å². The van der Waals surface area contributed by atoms with Gasteiger partial charge in [-0.1, -0.05) is 0 Å². The molecule has 82 valence electrons. The highest BCUT2D eigenvalue weighted by atomic mass is 16.5. The van der Waals surface area contributed by atoms with E-state index >= 15 is 0 Å². The van der Waals surface area contributed by atoms with Crippen molar-refractivity contribution in [1.82, 2.24) is 0 Å². The van der Waals surface area contributed by atoms with Crippen molar-refractivity contribution in [2.45, 2.75) is 12.8 Å². The lowest BCUT2D eigenvalue weighted by Gasteiger charge is -2.05. The molecule has 0 saturated heterocycles. The first-order chi connectivity index (χ1) is 7.22. The molecule has 0 spiro atoms. The molecule has 4 nitrogen and oxygen atoms in total. The molecule has 0 fully saturated rings. The predicted molar refractivity (Wildman–Crippen MR) is 56.9 cm³/mol. The summed E-state index contributed by atoms with van der Waals surface area (Å²) in [5, 5.41) is 0. The maximum Gasteiger partial charge on any atom is 0.217 e. The molecular weight excluding hydrogens is 194 g/mol. The third-order valence-corrected chi connectivity index (χ3v) is 1.90. The average Bonchev–Trinajstić information content (AvgIpc) is 2.25. The van der Waals surface area contributed by atoms with E-state index in [4.69, 9.17) is 15.2 Å². The lowest BCUT2D eigenvalue weighted by atomic mass is 10.3. The molecule has 1 amide bonds. The van der Waals surface area contributed by atoms with E-state index < -0.39 is 0 Å². The van der Waals surface area contributed by atoms with E-state index in [0.717, 1.165) is 11.5 Å². The number of carbonyl (C=O) groups is 1. The van der Waals surface area contributed by atoms with Crippen molar-refractivity contribution in [3.63, 3.8) is 0 Å². The van der Waals surface area contributed by atoms with Gasteiger partial charge in [-0.3, -0.25) is 4.79 Å². The second kappa shape index (κ2) is 5.90. The van der Waals surface area contributed by atoms with Gasteiger partial charge in [-0.15, -0.1) is 0 Å². The van der Waals surface area contributed by atoms with Gasteiger partial charge in [0.05, 0.1) is 13.7 Å². The zero-order valence-electron chi connectivity index (χ0n) is 8.73. The highest BCUT2D eigenvalue weighted by Gasteiger charge is 1.97. The number of rotatable bonds is 6. The fourth-order valence-corrected chi connectivity index (χ4v) is 1.11. The Morgan fingerprint density at radius 1 is 1.27 bits per heavy atom. The summed E-state index contributed by atoms with van der Waals surface area (Å²) in [6.07, 6.45) is 0.998. The summed E-state index contributed by atoms with van der Waals surface area (Å²) >= 11 is 0. The van der Waals surface area contributed by atoms with E-state index in [-0.39, 0.29) is 5.91 Å². The Kier molecular flexibility index (Phi) is 4.47. The molecule has 0 atom stereocenters. The van der Waals surface area contributed by atoms with Crippen LogP contribution in [0.5, 0.6) is 11.5 Å². The fraction of sp³-hybridized carbons (Fsp3) is 0.364. The molecule has 4 heteroatoms. The molecule has 0 saturated carbocycles. The largest absolute Gasteiger partial charge is 0.497 e. The van der Waals surface area contributed by atoms with Gasteiger partial charge in [0.1, 0.15) is 11.5 Å². The Morgan fingerprint density at radius 2 is 1.87 bits per heavy atom. The molecule has 0 aromatic heterocycles. The number of ether oxygens (including phenoxy) is 2. The van der Waals surface area contributed by atoms with Crippen LogP contribution in [0.4, 0.5) is 0 Å². The molecule has 0 bridgehead atoms. The summed E-state index contributed by atoms with van der Waals surface area (Å²) in [6, 6.07) is 7.29. The summed E-state index contributed by atoms with van der Waals surface area (Å²) in [5.41, 5.74) is 5.00. The standard InChI is InChI=1S/C11H15NO3/c1-14-9-4-6-10(7-5-9)15-8-2-3-11(12)13/h4-7H,2-3,8H2,1H3,(H2,12,13). The Balaban J connectivity index is 2.28. The predicted octanol–water partition coefficient (Wildman–Crippen LogP) is 1.34. The number of nitrogens with two attached hydrogens (primary N) is 1. The first-order valence-corrected chi connectivity index (χ1v) is 4.77. The summed E-state index contributed by atoms with van der Waals surface area (Å²) in [4.78, 5) is 10.4. The average molecular weight is 209 g/mol. The van der Waals surface area contributed by atoms with Crippen LogP contribution >= 0.6 is 0 Å². The van der Waals surface area contributed by atoms with Gasteiger partial charge >= 0.3 is 0 Å². The van der Waals surface area contributed by atoms with Crippen LogP contribution in [-0.4, -0.2) is 19.6 Å². The van der Waals surface area contributed by atoms with Gasteiger partial charge in [-0.25, -0.2) is 0 Å². The number of hydrogen-bond acceptors (Lipinski definition) is 3. The van der Waals surface area contributed by atoms with Gasteiger partial charge in [0.15, 0.2) is 0 Å². The van der Waals surface area contributed by atoms with Crippen molar-refractivity contribution >= 4 is 5.91 Å². The quantitative estimate of drug-likeness (QED) is 0.719. The molecule has 0 aliphatic heterocycles. The molecule has 2 N–H and O–H groups in total. The summed E-state index contributed by atoms with van der Waals surface area (Å²) in [5.74, 6) is 1.26. The molecule has 1 rings (SSSR count). The maximum absolute atomic E-state index is 10.4. The van der Waals surface area contributed by atoms with E-state index in [2.05, 4.69) is 0 Å².